The monoisotopic (exact) mass is 391 g/mol. The van der Waals surface area contributed by atoms with Gasteiger partial charge in [0.1, 0.15) is 5.65 Å². The van der Waals surface area contributed by atoms with Crippen LogP contribution in [0.2, 0.25) is 0 Å². The Labute approximate surface area is 165 Å². The highest BCUT2D eigenvalue weighted by Crippen LogP contribution is 2.24. The molecule has 1 N–H and O–H groups in total. The molecule has 8 heteroatoms. The van der Waals surface area contributed by atoms with Crippen molar-refractivity contribution in [1.29, 1.82) is 0 Å². The van der Waals surface area contributed by atoms with Gasteiger partial charge >= 0.3 is 0 Å². The standard InChI is InChI=1S/C21H18FN5O2/c1-27-19-14(12-18(20(27)28)29-17-8-3-2-7-16(17)22)13-25-21(26-19)24-11-9-15-6-4-5-10-23-15/h2-8,10,12-13H,9,11H2,1H3,(H,24,25,26). The number of aryl methyl sites for hydroxylation is 1. The molecule has 0 spiro atoms. The fourth-order valence-electron chi connectivity index (χ4n) is 2.87. The van der Waals surface area contributed by atoms with Crippen LogP contribution in [-0.4, -0.2) is 26.1 Å². The Morgan fingerprint density at radius 2 is 1.93 bits per heavy atom. The van der Waals surface area contributed by atoms with Crippen LogP contribution in [0.3, 0.4) is 0 Å². The second kappa shape index (κ2) is 8.05. The normalized spacial score (nSPS) is 10.8. The third-order valence-electron chi connectivity index (χ3n) is 4.36. The first-order valence-corrected chi connectivity index (χ1v) is 9.05. The van der Waals surface area contributed by atoms with E-state index >= 15 is 0 Å². The molecule has 4 aromatic rings. The van der Waals surface area contributed by atoms with Gasteiger partial charge < -0.3 is 10.1 Å². The van der Waals surface area contributed by atoms with E-state index in [9.17, 15) is 9.18 Å². The molecule has 0 aliphatic heterocycles. The zero-order valence-electron chi connectivity index (χ0n) is 15.7. The second-order valence-corrected chi connectivity index (χ2v) is 6.38. The summed E-state index contributed by atoms with van der Waals surface area (Å²) in [7, 11) is 1.59. The zero-order chi connectivity index (χ0) is 20.2. The Balaban J connectivity index is 1.57. The van der Waals surface area contributed by atoms with E-state index in [-0.39, 0.29) is 11.5 Å². The van der Waals surface area contributed by atoms with Crippen LogP contribution in [0.5, 0.6) is 11.5 Å². The summed E-state index contributed by atoms with van der Waals surface area (Å²) in [5, 5.41) is 3.74. The van der Waals surface area contributed by atoms with Crippen molar-refractivity contribution >= 4 is 17.0 Å². The lowest BCUT2D eigenvalue weighted by Gasteiger charge is -2.11. The topological polar surface area (TPSA) is 81.9 Å². The van der Waals surface area contributed by atoms with Gasteiger partial charge in [-0.05, 0) is 30.3 Å². The third-order valence-corrected chi connectivity index (χ3v) is 4.36. The number of hydrogen-bond acceptors (Lipinski definition) is 6. The Morgan fingerprint density at radius 1 is 1.10 bits per heavy atom. The second-order valence-electron chi connectivity index (χ2n) is 6.38. The van der Waals surface area contributed by atoms with Crippen molar-refractivity contribution in [2.75, 3.05) is 11.9 Å². The molecule has 0 bridgehead atoms. The molecule has 0 fully saturated rings. The number of aromatic nitrogens is 4. The molecule has 0 aliphatic carbocycles. The molecular formula is C21H18FN5O2. The average Bonchev–Trinajstić information content (AvgIpc) is 2.74. The van der Waals surface area contributed by atoms with Gasteiger partial charge in [0.2, 0.25) is 5.95 Å². The number of fused-ring (bicyclic) bond motifs is 1. The molecule has 0 saturated carbocycles. The van der Waals surface area contributed by atoms with Gasteiger partial charge in [0.15, 0.2) is 17.3 Å². The first-order chi connectivity index (χ1) is 14.1. The lowest BCUT2D eigenvalue weighted by molar-refractivity contribution is 0.434. The molecule has 3 heterocycles. The fraction of sp³-hybridized carbons (Fsp3) is 0.143. The van der Waals surface area contributed by atoms with Gasteiger partial charge in [0.05, 0.1) is 0 Å². The number of nitrogens with one attached hydrogen (secondary N) is 1. The highest BCUT2D eigenvalue weighted by atomic mass is 19.1. The van der Waals surface area contributed by atoms with Crippen LogP contribution in [0.4, 0.5) is 10.3 Å². The summed E-state index contributed by atoms with van der Waals surface area (Å²) in [5.74, 6) is -0.146. The number of anilines is 1. The third kappa shape index (κ3) is 4.06. The average molecular weight is 391 g/mol. The van der Waals surface area contributed by atoms with Crippen molar-refractivity contribution in [3.63, 3.8) is 0 Å². The molecule has 29 heavy (non-hydrogen) atoms. The summed E-state index contributed by atoms with van der Waals surface area (Å²) in [6.07, 6.45) is 4.06. The maximum Gasteiger partial charge on any atom is 0.294 e. The largest absolute Gasteiger partial charge is 0.448 e. The maximum atomic E-state index is 13.8. The van der Waals surface area contributed by atoms with Crippen LogP contribution in [0.15, 0.2) is 65.7 Å². The van der Waals surface area contributed by atoms with Gasteiger partial charge in [-0.25, -0.2) is 9.37 Å². The Kier molecular flexibility index (Phi) is 5.15. The van der Waals surface area contributed by atoms with Crippen molar-refractivity contribution < 1.29 is 9.13 Å². The van der Waals surface area contributed by atoms with E-state index in [0.29, 0.717) is 23.5 Å². The van der Waals surface area contributed by atoms with Crippen molar-refractivity contribution in [2.45, 2.75) is 6.42 Å². The van der Waals surface area contributed by atoms with Crippen molar-refractivity contribution in [3.8, 4) is 11.5 Å². The Morgan fingerprint density at radius 3 is 2.72 bits per heavy atom. The smallest absolute Gasteiger partial charge is 0.294 e. The molecule has 0 atom stereocenters. The minimum Gasteiger partial charge on any atom is -0.448 e. The highest BCUT2D eigenvalue weighted by molar-refractivity contribution is 5.76. The first-order valence-electron chi connectivity index (χ1n) is 9.05. The Hall–Kier alpha value is -3.81. The van der Waals surface area contributed by atoms with Crippen LogP contribution < -0.4 is 15.6 Å². The van der Waals surface area contributed by atoms with E-state index in [1.807, 2.05) is 18.2 Å². The minimum absolute atomic E-state index is 0.00422. The van der Waals surface area contributed by atoms with Gasteiger partial charge in [-0.3, -0.25) is 14.3 Å². The van der Waals surface area contributed by atoms with Crippen LogP contribution in [0.1, 0.15) is 5.69 Å². The predicted molar refractivity (Wildman–Crippen MR) is 108 cm³/mol. The Bertz CT molecular complexity index is 1210. The summed E-state index contributed by atoms with van der Waals surface area (Å²) >= 11 is 0. The van der Waals surface area contributed by atoms with Gasteiger partial charge in [-0.1, -0.05) is 18.2 Å². The molecule has 4 rings (SSSR count). The first kappa shape index (κ1) is 18.5. The van der Waals surface area contributed by atoms with Crippen molar-refractivity contribution in [1.82, 2.24) is 19.5 Å². The minimum atomic E-state index is -0.543. The quantitative estimate of drug-likeness (QED) is 0.543. The van der Waals surface area contributed by atoms with Crippen LogP contribution in [0.25, 0.3) is 11.0 Å². The van der Waals surface area contributed by atoms with E-state index in [2.05, 4.69) is 20.3 Å². The molecule has 146 valence electrons. The number of benzene rings is 1. The van der Waals surface area contributed by atoms with Crippen molar-refractivity contribution in [3.05, 3.63) is 82.8 Å². The van der Waals surface area contributed by atoms with Gasteiger partial charge in [-0.15, -0.1) is 0 Å². The SMILES string of the molecule is Cn1c(=O)c(Oc2ccccc2F)cc2cnc(NCCc3ccccn3)nc21. The molecule has 0 radical (unpaired) electrons. The molecule has 1 aromatic carbocycles. The van der Waals surface area contributed by atoms with E-state index < -0.39 is 11.4 Å². The lowest BCUT2D eigenvalue weighted by Crippen LogP contribution is -2.20. The van der Waals surface area contributed by atoms with Gasteiger partial charge in [-0.2, -0.15) is 4.98 Å². The summed E-state index contributed by atoms with van der Waals surface area (Å²) in [6.45, 7) is 0.602. The molecule has 7 nitrogen and oxygen atoms in total. The highest BCUT2D eigenvalue weighted by Gasteiger charge is 2.13. The van der Waals surface area contributed by atoms with E-state index in [1.54, 1.807) is 31.6 Å². The van der Waals surface area contributed by atoms with Crippen LogP contribution in [-0.2, 0) is 13.5 Å². The number of pyridine rings is 2. The number of halogens is 1. The van der Waals surface area contributed by atoms with Crippen LogP contribution >= 0.6 is 0 Å². The molecule has 3 aromatic heterocycles. The summed E-state index contributed by atoms with van der Waals surface area (Å²) in [6, 6.07) is 13.2. The number of hydrogen-bond donors (Lipinski definition) is 1. The molecule has 0 aliphatic rings. The van der Waals surface area contributed by atoms with Crippen LogP contribution in [0, 0.1) is 5.82 Å². The van der Waals surface area contributed by atoms with E-state index in [1.165, 1.54) is 22.8 Å². The molecular weight excluding hydrogens is 373 g/mol. The summed E-state index contributed by atoms with van der Waals surface area (Å²) in [5.41, 5.74) is 0.994. The summed E-state index contributed by atoms with van der Waals surface area (Å²) in [4.78, 5) is 25.6. The summed E-state index contributed by atoms with van der Waals surface area (Å²) < 4.78 is 20.7. The molecule has 0 amide bonds. The van der Waals surface area contributed by atoms with Gasteiger partial charge in [0.25, 0.3) is 5.56 Å². The molecule has 0 saturated heterocycles. The van der Waals surface area contributed by atoms with E-state index in [0.717, 1.165) is 12.1 Å². The number of para-hydroxylation sites is 1. The maximum absolute atomic E-state index is 13.8. The number of ether oxygens (including phenoxy) is 1. The number of rotatable bonds is 6. The van der Waals surface area contributed by atoms with E-state index in [4.69, 9.17) is 4.74 Å². The van der Waals surface area contributed by atoms with Crippen molar-refractivity contribution in [2.24, 2.45) is 7.05 Å². The fourth-order valence-corrected chi connectivity index (χ4v) is 2.87. The lowest BCUT2D eigenvalue weighted by atomic mass is 10.3. The van der Waals surface area contributed by atoms with Gasteiger partial charge in [0, 0.05) is 43.5 Å². The molecule has 0 unspecified atom stereocenters. The predicted octanol–water partition coefficient (Wildman–Crippen LogP) is 3.31. The zero-order valence-corrected chi connectivity index (χ0v) is 15.7. The number of nitrogens with zero attached hydrogens (tertiary/aromatic N) is 4.